The normalized spacial score (nSPS) is 11.4. The van der Waals surface area contributed by atoms with E-state index in [1.807, 2.05) is 12.1 Å². The molecule has 0 radical (unpaired) electrons. The number of para-hydroxylation sites is 1. The van der Waals surface area contributed by atoms with Gasteiger partial charge in [-0.15, -0.1) is 5.10 Å². The summed E-state index contributed by atoms with van der Waals surface area (Å²) in [6.45, 7) is 0. The van der Waals surface area contributed by atoms with Gasteiger partial charge in [-0.05, 0) is 17.3 Å². The standard InChI is InChI=1S/C6H5N3O/c10-9-6-4-2-1-3-5(6)7-8-9/h1-4,10H/i10D. The van der Waals surface area contributed by atoms with Crippen LogP contribution in [0.2, 0.25) is 1.43 Å². The van der Waals surface area contributed by atoms with Crippen LogP contribution in [0.3, 0.4) is 0 Å². The maximum atomic E-state index is 6.60. The lowest BCUT2D eigenvalue weighted by Crippen LogP contribution is -1.90. The molecule has 4 heteroatoms. The number of hydrogen-bond acceptors (Lipinski definition) is 3. The molecule has 1 heterocycles. The Bertz CT molecular complexity index is 373. The van der Waals surface area contributed by atoms with E-state index in [0.29, 0.717) is 5.52 Å². The molecular weight excluding hydrogens is 130 g/mol. The van der Waals surface area contributed by atoms with Crippen LogP contribution in [-0.2, 0) is 0 Å². The van der Waals surface area contributed by atoms with Crippen LogP contribution in [0, 0.1) is 0 Å². The van der Waals surface area contributed by atoms with E-state index in [1.54, 1.807) is 12.1 Å². The van der Waals surface area contributed by atoms with Crippen LogP contribution in [0.15, 0.2) is 24.3 Å². The fraction of sp³-hybridized carbons (Fsp3) is 0. The average Bonchev–Trinajstić information content (AvgIpc) is 2.47. The molecule has 0 atom stereocenters. The second-order valence-electron chi connectivity index (χ2n) is 1.95. The first-order chi connectivity index (χ1) is 5.42. The molecule has 0 spiro atoms. The lowest BCUT2D eigenvalue weighted by molar-refractivity contribution is 0.155. The van der Waals surface area contributed by atoms with Gasteiger partial charge in [0, 0.05) is 0 Å². The van der Waals surface area contributed by atoms with Crippen molar-refractivity contribution in [2.24, 2.45) is 0 Å². The van der Waals surface area contributed by atoms with Crippen LogP contribution in [0.4, 0.5) is 0 Å². The zero-order valence-corrected chi connectivity index (χ0v) is 5.06. The van der Waals surface area contributed by atoms with Crippen LogP contribution in [0.5, 0.6) is 0 Å². The van der Waals surface area contributed by atoms with Crippen molar-refractivity contribution in [1.29, 1.82) is 0 Å². The number of fused-ring (bicyclic) bond motifs is 1. The summed E-state index contributed by atoms with van der Waals surface area (Å²) in [7, 11) is 0. The predicted molar refractivity (Wildman–Crippen MR) is 34.7 cm³/mol. The summed E-state index contributed by atoms with van der Waals surface area (Å²) in [4.78, 5) is 1.05. The third-order valence-electron chi connectivity index (χ3n) is 1.32. The Balaban J connectivity index is 2.76. The molecule has 0 amide bonds. The van der Waals surface area contributed by atoms with Crippen LogP contribution in [0.1, 0.15) is 0 Å². The molecule has 4 nitrogen and oxygen atoms in total. The molecule has 1 aromatic carbocycles. The SMILES string of the molecule is [2H]On1nnc2ccccc21. The van der Waals surface area contributed by atoms with Gasteiger partial charge in [0.2, 0.25) is 0 Å². The molecule has 0 aliphatic rings. The second kappa shape index (κ2) is 1.70. The van der Waals surface area contributed by atoms with E-state index in [-0.39, 0.29) is 0 Å². The number of rotatable bonds is 1. The van der Waals surface area contributed by atoms with Gasteiger partial charge < -0.3 is 5.21 Å². The molecule has 0 bridgehead atoms. The van der Waals surface area contributed by atoms with Gasteiger partial charge in [-0.3, -0.25) is 0 Å². The van der Waals surface area contributed by atoms with E-state index in [1.165, 1.54) is 0 Å². The van der Waals surface area contributed by atoms with E-state index in [9.17, 15) is 0 Å². The predicted octanol–water partition coefficient (Wildman–Crippen LogP) is 0.669. The van der Waals surface area contributed by atoms with Crippen LogP contribution >= 0.6 is 0 Å². The fourth-order valence-electron chi connectivity index (χ4n) is 0.847. The Morgan fingerprint density at radius 3 is 3.30 bits per heavy atom. The molecule has 0 aliphatic heterocycles. The minimum Gasteiger partial charge on any atom is -0.410 e. The van der Waals surface area contributed by atoms with Gasteiger partial charge in [0.15, 0.2) is 0 Å². The highest BCUT2D eigenvalue weighted by atomic mass is 16.5. The van der Waals surface area contributed by atoms with E-state index < -0.39 is 0 Å². The summed E-state index contributed by atoms with van der Waals surface area (Å²) in [6, 6.07) is 7.27. The second-order valence-corrected chi connectivity index (χ2v) is 1.95. The third-order valence-corrected chi connectivity index (χ3v) is 1.32. The highest BCUT2D eigenvalue weighted by Gasteiger charge is 1.98. The zero-order valence-electron chi connectivity index (χ0n) is 6.06. The minimum atomic E-state index is 0.697. The average molecular weight is 136 g/mol. The lowest BCUT2D eigenvalue weighted by atomic mass is 10.3. The Kier molecular flexibility index (Phi) is 0.725. The molecule has 1 N–H and O–H groups in total. The topological polar surface area (TPSA) is 50.9 Å². The number of benzene rings is 1. The fourth-order valence-corrected chi connectivity index (χ4v) is 0.847. The summed E-state index contributed by atoms with van der Waals surface area (Å²) in [5, 5.41) is 11.5. The third kappa shape index (κ3) is 0.556. The van der Waals surface area contributed by atoms with Crippen molar-refractivity contribution in [3.8, 4) is 0 Å². The van der Waals surface area contributed by atoms with Crippen LogP contribution < -0.4 is 0 Å². The number of nitrogens with zero attached hydrogens (tertiary/aromatic N) is 3. The summed E-state index contributed by atoms with van der Waals surface area (Å²) in [5.41, 5.74) is 1.42. The molecule has 0 saturated heterocycles. The van der Waals surface area contributed by atoms with Crippen molar-refractivity contribution in [2.75, 3.05) is 0 Å². The van der Waals surface area contributed by atoms with Gasteiger partial charge in [-0.25, -0.2) is 0 Å². The molecule has 2 rings (SSSR count). The molecule has 0 fully saturated rings. The molecule has 1 aromatic heterocycles. The van der Waals surface area contributed by atoms with Crippen LogP contribution in [0.25, 0.3) is 11.0 Å². The molecular formula is C6H5N3O. The lowest BCUT2D eigenvalue weighted by Gasteiger charge is -1.85. The Morgan fingerprint density at radius 2 is 2.40 bits per heavy atom. The maximum absolute atomic E-state index is 6.60. The van der Waals surface area contributed by atoms with E-state index in [2.05, 4.69) is 15.5 Å². The first kappa shape index (κ1) is 4.27. The summed E-state index contributed by atoms with van der Waals surface area (Å²) >= 11 is 0. The van der Waals surface area contributed by atoms with Gasteiger partial charge >= 0.3 is 1.43 Å². The molecule has 0 saturated carbocycles. The summed E-state index contributed by atoms with van der Waals surface area (Å²) in [6.07, 6.45) is 0. The van der Waals surface area contributed by atoms with Crippen molar-refractivity contribution in [3.63, 3.8) is 0 Å². The van der Waals surface area contributed by atoms with E-state index in [0.717, 1.165) is 10.4 Å². The highest BCUT2D eigenvalue weighted by molar-refractivity contribution is 5.73. The van der Waals surface area contributed by atoms with Crippen molar-refractivity contribution < 1.29 is 6.64 Å². The molecule has 2 aromatic rings. The van der Waals surface area contributed by atoms with Crippen molar-refractivity contribution in [3.05, 3.63) is 24.3 Å². The van der Waals surface area contributed by atoms with Gasteiger partial charge in [-0.2, -0.15) is 0 Å². The van der Waals surface area contributed by atoms with Gasteiger partial charge in [-0.1, -0.05) is 17.0 Å². The first-order valence-corrected chi connectivity index (χ1v) is 2.86. The minimum absolute atomic E-state index is 0.697. The van der Waals surface area contributed by atoms with E-state index >= 15 is 0 Å². The molecule has 0 unspecified atom stereocenters. The molecule has 50 valence electrons. The van der Waals surface area contributed by atoms with Gasteiger partial charge in [0.1, 0.15) is 11.0 Å². The van der Waals surface area contributed by atoms with Crippen LogP contribution in [-0.4, -0.2) is 20.4 Å². The zero-order chi connectivity index (χ0) is 7.68. The summed E-state index contributed by atoms with van der Waals surface area (Å²) < 4.78 is 6.60. The largest absolute Gasteiger partial charge is 0.410 e. The smallest absolute Gasteiger partial charge is 0.330 e. The van der Waals surface area contributed by atoms with Gasteiger partial charge in [0.05, 0.1) is 0 Å². The molecule has 10 heavy (non-hydrogen) atoms. The van der Waals surface area contributed by atoms with Gasteiger partial charge in [0.25, 0.3) is 0 Å². The van der Waals surface area contributed by atoms with Crippen molar-refractivity contribution in [2.45, 2.75) is 0 Å². The first-order valence-electron chi connectivity index (χ1n) is 3.27. The quantitative estimate of drug-likeness (QED) is 0.586. The maximum Gasteiger partial charge on any atom is 0.330 e. The van der Waals surface area contributed by atoms with E-state index in [4.69, 9.17) is 1.43 Å². The molecule has 0 aliphatic carbocycles. The number of aromatic nitrogens is 3. The Labute approximate surface area is 58.1 Å². The monoisotopic (exact) mass is 136 g/mol. The Hall–Kier alpha value is -1.58. The van der Waals surface area contributed by atoms with Crippen molar-refractivity contribution in [1.82, 2.24) is 15.2 Å². The highest BCUT2D eigenvalue weighted by Crippen LogP contribution is 2.06. The Morgan fingerprint density at radius 1 is 1.50 bits per heavy atom. The number of hydrogen-bond donors (Lipinski definition) is 1. The summed E-state index contributed by atoms with van der Waals surface area (Å²) in [5.74, 6) is 0. The van der Waals surface area contributed by atoms with Crippen molar-refractivity contribution >= 4 is 11.0 Å².